The normalized spacial score (nSPS) is 10.1. The third-order valence-electron chi connectivity index (χ3n) is 2.40. The van der Waals surface area contributed by atoms with Crippen LogP contribution in [0.2, 0.25) is 5.02 Å². The highest BCUT2D eigenvalue weighted by atomic mass is 79.9. The van der Waals surface area contributed by atoms with Gasteiger partial charge in [0.2, 0.25) is 0 Å². The Morgan fingerprint density at radius 1 is 1.16 bits per heavy atom. The molecule has 0 fully saturated rings. The molecule has 19 heavy (non-hydrogen) atoms. The molecule has 0 saturated heterocycles. The molecule has 0 aliphatic carbocycles. The molecule has 0 radical (unpaired) electrons. The van der Waals surface area contributed by atoms with Crippen molar-refractivity contribution in [1.82, 2.24) is 0 Å². The van der Waals surface area contributed by atoms with Crippen LogP contribution in [0.3, 0.4) is 0 Å². The Bertz CT molecular complexity index is 683. The van der Waals surface area contributed by atoms with Crippen molar-refractivity contribution in [3.63, 3.8) is 0 Å². The van der Waals surface area contributed by atoms with Gasteiger partial charge in [-0.15, -0.1) is 0 Å². The smallest absolute Gasteiger partial charge is 0.162 e. The van der Waals surface area contributed by atoms with Crippen molar-refractivity contribution < 1.29 is 8.78 Å². The molecule has 1 N–H and O–H groups in total. The Kier molecular flexibility index (Phi) is 4.03. The maximum Gasteiger partial charge on any atom is 0.162 e. The number of nitrogens with one attached hydrogen (secondary N) is 1. The second-order valence-corrected chi connectivity index (χ2v) is 4.88. The molecular formula is C13H6BrClF2N2. The zero-order valence-corrected chi connectivity index (χ0v) is 11.7. The van der Waals surface area contributed by atoms with Gasteiger partial charge in [-0.2, -0.15) is 5.26 Å². The first-order valence-corrected chi connectivity index (χ1v) is 6.30. The number of hydrogen-bond donors (Lipinski definition) is 1. The summed E-state index contributed by atoms with van der Waals surface area (Å²) in [6, 6.07) is 8.66. The SMILES string of the molecule is N#Cc1ccc(Nc2ccc(Cl)cc2F)c(F)c1Br. The largest absolute Gasteiger partial charge is 0.351 e. The van der Waals surface area contributed by atoms with E-state index in [-0.39, 0.29) is 26.4 Å². The van der Waals surface area contributed by atoms with Gasteiger partial charge in [-0.05, 0) is 46.3 Å². The van der Waals surface area contributed by atoms with Crippen LogP contribution in [-0.2, 0) is 0 Å². The minimum absolute atomic E-state index is 0.0365. The van der Waals surface area contributed by atoms with Gasteiger partial charge in [0.15, 0.2) is 5.82 Å². The van der Waals surface area contributed by atoms with E-state index in [0.29, 0.717) is 0 Å². The average molecular weight is 344 g/mol. The van der Waals surface area contributed by atoms with Crippen molar-refractivity contribution in [1.29, 1.82) is 5.26 Å². The minimum atomic E-state index is -0.659. The van der Waals surface area contributed by atoms with E-state index in [0.717, 1.165) is 6.07 Å². The molecular weight excluding hydrogens is 338 g/mol. The summed E-state index contributed by atoms with van der Waals surface area (Å²) < 4.78 is 27.6. The summed E-state index contributed by atoms with van der Waals surface area (Å²) in [5.41, 5.74) is 0.326. The average Bonchev–Trinajstić information content (AvgIpc) is 2.38. The van der Waals surface area contributed by atoms with Crippen LogP contribution in [0.25, 0.3) is 0 Å². The summed E-state index contributed by atoms with van der Waals surface area (Å²) in [5.74, 6) is -1.25. The topological polar surface area (TPSA) is 35.8 Å². The molecule has 0 aliphatic rings. The molecule has 0 spiro atoms. The van der Waals surface area contributed by atoms with E-state index in [9.17, 15) is 8.78 Å². The van der Waals surface area contributed by atoms with Crippen LogP contribution in [0.15, 0.2) is 34.8 Å². The van der Waals surface area contributed by atoms with E-state index in [4.69, 9.17) is 16.9 Å². The van der Waals surface area contributed by atoms with Crippen LogP contribution in [0.1, 0.15) is 5.56 Å². The number of nitrogens with zero attached hydrogens (tertiary/aromatic N) is 1. The molecule has 0 heterocycles. The number of benzene rings is 2. The molecule has 0 saturated carbocycles. The highest BCUT2D eigenvalue weighted by molar-refractivity contribution is 9.10. The lowest BCUT2D eigenvalue weighted by molar-refractivity contribution is 0.621. The maximum absolute atomic E-state index is 13.9. The van der Waals surface area contributed by atoms with E-state index >= 15 is 0 Å². The van der Waals surface area contributed by atoms with Crippen LogP contribution < -0.4 is 5.32 Å². The molecule has 0 aliphatic heterocycles. The fourth-order valence-electron chi connectivity index (χ4n) is 1.47. The van der Waals surface area contributed by atoms with E-state index < -0.39 is 11.6 Å². The zero-order valence-electron chi connectivity index (χ0n) is 9.35. The monoisotopic (exact) mass is 342 g/mol. The van der Waals surface area contributed by atoms with Crippen LogP contribution in [0.4, 0.5) is 20.2 Å². The fourth-order valence-corrected chi connectivity index (χ4v) is 2.06. The third kappa shape index (κ3) is 2.86. The van der Waals surface area contributed by atoms with Gasteiger partial charge in [-0.1, -0.05) is 11.6 Å². The molecule has 2 rings (SSSR count). The Labute approximate surface area is 121 Å². The second kappa shape index (κ2) is 5.55. The van der Waals surface area contributed by atoms with Gasteiger partial charge >= 0.3 is 0 Å². The highest BCUT2D eigenvalue weighted by Gasteiger charge is 2.12. The van der Waals surface area contributed by atoms with E-state index in [2.05, 4.69) is 21.2 Å². The van der Waals surface area contributed by atoms with Crippen LogP contribution >= 0.6 is 27.5 Å². The lowest BCUT2D eigenvalue weighted by Crippen LogP contribution is -1.98. The minimum Gasteiger partial charge on any atom is -0.351 e. The molecule has 96 valence electrons. The van der Waals surface area contributed by atoms with Crippen molar-refractivity contribution in [2.45, 2.75) is 0 Å². The van der Waals surface area contributed by atoms with Gasteiger partial charge < -0.3 is 5.32 Å². The predicted molar refractivity (Wildman–Crippen MR) is 73.5 cm³/mol. The Morgan fingerprint density at radius 3 is 2.47 bits per heavy atom. The van der Waals surface area contributed by atoms with Gasteiger partial charge in [-0.3, -0.25) is 0 Å². The van der Waals surface area contributed by atoms with Crippen molar-refractivity contribution in [3.05, 3.63) is 57.0 Å². The van der Waals surface area contributed by atoms with Gasteiger partial charge in [-0.25, -0.2) is 8.78 Å². The standard InChI is InChI=1S/C13H6BrClF2N2/c14-12-7(6-18)1-3-11(13(12)17)19-10-4-2-8(15)5-9(10)16/h1-5,19H. The summed E-state index contributed by atoms with van der Waals surface area (Å²) in [6.45, 7) is 0. The summed E-state index contributed by atoms with van der Waals surface area (Å²) in [4.78, 5) is 0. The Morgan fingerprint density at radius 2 is 1.84 bits per heavy atom. The van der Waals surface area contributed by atoms with E-state index in [1.807, 2.05) is 6.07 Å². The number of rotatable bonds is 2. The summed E-state index contributed by atoms with van der Waals surface area (Å²) in [6.07, 6.45) is 0. The Balaban J connectivity index is 2.39. The molecule has 0 aromatic heterocycles. The van der Waals surface area contributed by atoms with Crippen molar-refractivity contribution in [3.8, 4) is 6.07 Å². The first-order chi connectivity index (χ1) is 9.02. The molecule has 0 atom stereocenters. The molecule has 2 nitrogen and oxygen atoms in total. The third-order valence-corrected chi connectivity index (χ3v) is 3.41. The van der Waals surface area contributed by atoms with Gasteiger partial charge in [0, 0.05) is 5.02 Å². The number of halogens is 4. The highest BCUT2D eigenvalue weighted by Crippen LogP contribution is 2.30. The van der Waals surface area contributed by atoms with E-state index in [1.54, 1.807) is 0 Å². The van der Waals surface area contributed by atoms with Crippen molar-refractivity contribution in [2.24, 2.45) is 0 Å². The zero-order chi connectivity index (χ0) is 14.0. The summed E-state index contributed by atoms with van der Waals surface area (Å²) in [5, 5.41) is 11.6. The number of anilines is 2. The number of nitriles is 1. The molecule has 0 amide bonds. The molecule has 0 bridgehead atoms. The molecule has 2 aromatic rings. The van der Waals surface area contributed by atoms with Gasteiger partial charge in [0.05, 0.1) is 21.4 Å². The lowest BCUT2D eigenvalue weighted by Gasteiger charge is -2.10. The second-order valence-electron chi connectivity index (χ2n) is 3.65. The van der Waals surface area contributed by atoms with Crippen molar-refractivity contribution in [2.75, 3.05) is 5.32 Å². The predicted octanol–water partition coefficient (Wildman–Crippen LogP) is 5.00. The first kappa shape index (κ1) is 13.8. The van der Waals surface area contributed by atoms with Gasteiger partial charge in [0.25, 0.3) is 0 Å². The van der Waals surface area contributed by atoms with Crippen LogP contribution in [0.5, 0.6) is 0 Å². The molecule has 0 unspecified atom stereocenters. The number of hydrogen-bond acceptors (Lipinski definition) is 2. The van der Waals surface area contributed by atoms with Crippen molar-refractivity contribution >= 4 is 38.9 Å². The maximum atomic E-state index is 13.9. The fraction of sp³-hybridized carbons (Fsp3) is 0. The first-order valence-electron chi connectivity index (χ1n) is 5.13. The molecule has 2 aromatic carbocycles. The quantitative estimate of drug-likeness (QED) is 0.833. The van der Waals surface area contributed by atoms with E-state index in [1.165, 1.54) is 24.3 Å². The van der Waals surface area contributed by atoms with Crippen LogP contribution in [-0.4, -0.2) is 0 Å². The summed E-state index contributed by atoms with van der Waals surface area (Å²) >= 11 is 8.61. The van der Waals surface area contributed by atoms with Gasteiger partial charge in [0.1, 0.15) is 11.9 Å². The molecule has 6 heteroatoms. The lowest BCUT2D eigenvalue weighted by atomic mass is 10.2. The summed E-state index contributed by atoms with van der Waals surface area (Å²) in [7, 11) is 0. The Hall–Kier alpha value is -1.64. The van der Waals surface area contributed by atoms with Crippen LogP contribution in [0, 0.1) is 23.0 Å².